The van der Waals surface area contributed by atoms with E-state index < -0.39 is 15.0 Å². The number of carbonyl (C=O) groups is 1. The lowest BCUT2D eigenvalue weighted by molar-refractivity contribution is -0.0155. The van der Waals surface area contributed by atoms with E-state index >= 15 is 0 Å². The number of ether oxygens (including phenoxy) is 2. The van der Waals surface area contributed by atoms with E-state index in [1.807, 2.05) is 0 Å². The SMILES string of the molecule is Cc1sc(C(=O)OC2CCOCC2)cc1S(=O)(=O)Cl. The average molecular weight is 325 g/mol. The molecule has 0 saturated carbocycles. The predicted molar refractivity (Wildman–Crippen MR) is 71.4 cm³/mol. The van der Waals surface area contributed by atoms with Crippen LogP contribution in [0.2, 0.25) is 0 Å². The Balaban J connectivity index is 2.11. The topological polar surface area (TPSA) is 69.7 Å². The smallest absolute Gasteiger partial charge is 0.348 e. The largest absolute Gasteiger partial charge is 0.458 e. The van der Waals surface area contributed by atoms with Crippen molar-refractivity contribution >= 4 is 37.0 Å². The minimum atomic E-state index is -3.82. The summed E-state index contributed by atoms with van der Waals surface area (Å²) in [5, 5.41) is 0. The lowest BCUT2D eigenvalue weighted by atomic mass is 10.1. The fraction of sp³-hybridized carbons (Fsp3) is 0.545. The average Bonchev–Trinajstić information content (AvgIpc) is 2.72. The second-order valence-electron chi connectivity index (χ2n) is 4.19. The molecule has 2 heterocycles. The van der Waals surface area contributed by atoms with Crippen LogP contribution in [-0.4, -0.2) is 33.7 Å². The van der Waals surface area contributed by atoms with E-state index in [-0.39, 0.29) is 15.9 Å². The molecular weight excluding hydrogens is 312 g/mol. The molecule has 0 atom stereocenters. The third-order valence-electron chi connectivity index (χ3n) is 2.78. The summed E-state index contributed by atoms with van der Waals surface area (Å²) in [6, 6.07) is 1.27. The lowest BCUT2D eigenvalue weighted by Gasteiger charge is -2.21. The molecule has 106 valence electrons. The van der Waals surface area contributed by atoms with Gasteiger partial charge in [-0.15, -0.1) is 11.3 Å². The molecule has 0 aliphatic carbocycles. The van der Waals surface area contributed by atoms with Gasteiger partial charge in [0.15, 0.2) is 0 Å². The van der Waals surface area contributed by atoms with E-state index in [0.29, 0.717) is 30.9 Å². The molecule has 1 fully saturated rings. The predicted octanol–water partition coefficient (Wildman–Crippen LogP) is 2.32. The van der Waals surface area contributed by atoms with Crippen molar-refractivity contribution in [2.24, 2.45) is 0 Å². The van der Waals surface area contributed by atoms with Crippen molar-refractivity contribution < 1.29 is 22.7 Å². The van der Waals surface area contributed by atoms with Crippen LogP contribution in [0.5, 0.6) is 0 Å². The normalized spacial score (nSPS) is 17.4. The van der Waals surface area contributed by atoms with Gasteiger partial charge >= 0.3 is 5.97 Å². The number of aryl methyl sites for hydroxylation is 1. The summed E-state index contributed by atoms with van der Waals surface area (Å²) >= 11 is 1.07. The number of rotatable bonds is 3. The lowest BCUT2D eigenvalue weighted by Crippen LogP contribution is -2.25. The van der Waals surface area contributed by atoms with Crippen LogP contribution >= 0.6 is 22.0 Å². The van der Waals surface area contributed by atoms with E-state index in [1.54, 1.807) is 6.92 Å². The van der Waals surface area contributed by atoms with Gasteiger partial charge in [-0.05, 0) is 13.0 Å². The minimum absolute atomic E-state index is 0.0295. The second-order valence-corrected chi connectivity index (χ2v) is 7.98. The Bertz CT molecular complexity index is 572. The van der Waals surface area contributed by atoms with Gasteiger partial charge in [-0.3, -0.25) is 0 Å². The van der Waals surface area contributed by atoms with Crippen LogP contribution in [0.3, 0.4) is 0 Å². The molecule has 0 amide bonds. The molecular formula is C11H13ClO5S2. The first-order valence-corrected chi connectivity index (χ1v) is 8.84. The van der Waals surface area contributed by atoms with Gasteiger partial charge in [0.25, 0.3) is 9.05 Å². The zero-order chi connectivity index (χ0) is 14.0. The van der Waals surface area contributed by atoms with Gasteiger partial charge in [0, 0.05) is 28.4 Å². The van der Waals surface area contributed by atoms with E-state index in [1.165, 1.54) is 6.07 Å². The molecule has 5 nitrogen and oxygen atoms in total. The Hall–Kier alpha value is -0.630. The monoisotopic (exact) mass is 324 g/mol. The number of hydrogen-bond donors (Lipinski definition) is 0. The Morgan fingerprint density at radius 2 is 2.11 bits per heavy atom. The van der Waals surface area contributed by atoms with Gasteiger partial charge < -0.3 is 9.47 Å². The number of halogens is 1. The van der Waals surface area contributed by atoms with Gasteiger partial charge in [0.1, 0.15) is 11.0 Å². The highest BCUT2D eigenvalue weighted by Crippen LogP contribution is 2.29. The van der Waals surface area contributed by atoms with Crippen LogP contribution in [0, 0.1) is 6.92 Å². The number of thiophene rings is 1. The van der Waals surface area contributed by atoms with Crippen molar-refractivity contribution in [2.45, 2.75) is 30.8 Å². The van der Waals surface area contributed by atoms with Crippen molar-refractivity contribution in [1.29, 1.82) is 0 Å². The summed E-state index contributed by atoms with van der Waals surface area (Å²) in [6.45, 7) is 2.75. The van der Waals surface area contributed by atoms with Gasteiger partial charge in [0.05, 0.1) is 18.1 Å². The molecule has 0 N–H and O–H groups in total. The summed E-state index contributed by atoms with van der Waals surface area (Å²) in [7, 11) is 1.46. The Kier molecular flexibility index (Phi) is 4.50. The molecule has 0 spiro atoms. The molecule has 0 unspecified atom stereocenters. The summed E-state index contributed by atoms with van der Waals surface area (Å²) in [6.07, 6.45) is 1.16. The van der Waals surface area contributed by atoms with Crippen LogP contribution in [0.4, 0.5) is 0 Å². The molecule has 0 bridgehead atoms. The quantitative estimate of drug-likeness (QED) is 0.630. The van der Waals surface area contributed by atoms with Crippen molar-refractivity contribution in [3.63, 3.8) is 0 Å². The first-order chi connectivity index (χ1) is 8.88. The Morgan fingerprint density at radius 1 is 1.47 bits per heavy atom. The molecule has 0 aromatic carbocycles. The highest BCUT2D eigenvalue weighted by molar-refractivity contribution is 8.13. The van der Waals surface area contributed by atoms with Gasteiger partial charge in [0.2, 0.25) is 0 Å². The summed E-state index contributed by atoms with van der Waals surface area (Å²) in [4.78, 5) is 12.6. The van der Waals surface area contributed by atoms with E-state index in [0.717, 1.165) is 11.3 Å². The van der Waals surface area contributed by atoms with Gasteiger partial charge in [-0.1, -0.05) is 0 Å². The van der Waals surface area contributed by atoms with Crippen LogP contribution in [-0.2, 0) is 18.5 Å². The van der Waals surface area contributed by atoms with Crippen molar-refractivity contribution in [1.82, 2.24) is 0 Å². The molecule has 1 saturated heterocycles. The molecule has 0 radical (unpaired) electrons. The van der Waals surface area contributed by atoms with E-state index in [2.05, 4.69) is 0 Å². The standard InChI is InChI=1S/C11H13ClO5S2/c1-7-10(19(12,14)15)6-9(18-7)11(13)17-8-2-4-16-5-3-8/h6,8H,2-5H2,1H3. The summed E-state index contributed by atoms with van der Waals surface area (Å²) < 4.78 is 33.0. The summed E-state index contributed by atoms with van der Waals surface area (Å²) in [5.41, 5.74) is 0. The number of esters is 1. The number of hydrogen-bond acceptors (Lipinski definition) is 6. The molecule has 2 rings (SSSR count). The first-order valence-electron chi connectivity index (χ1n) is 5.72. The molecule has 19 heavy (non-hydrogen) atoms. The first kappa shape index (κ1) is 14.8. The van der Waals surface area contributed by atoms with Crippen LogP contribution in [0.25, 0.3) is 0 Å². The fourth-order valence-corrected chi connectivity index (χ4v) is 4.36. The molecule has 1 aromatic rings. The highest BCUT2D eigenvalue weighted by atomic mass is 35.7. The van der Waals surface area contributed by atoms with Gasteiger partial charge in [-0.2, -0.15) is 0 Å². The van der Waals surface area contributed by atoms with Gasteiger partial charge in [-0.25, -0.2) is 13.2 Å². The Morgan fingerprint density at radius 3 is 2.63 bits per heavy atom. The van der Waals surface area contributed by atoms with Crippen LogP contribution < -0.4 is 0 Å². The third kappa shape index (κ3) is 3.68. The van der Waals surface area contributed by atoms with Crippen molar-refractivity contribution in [3.8, 4) is 0 Å². The molecule has 8 heteroatoms. The maximum Gasteiger partial charge on any atom is 0.348 e. The van der Waals surface area contributed by atoms with E-state index in [4.69, 9.17) is 20.2 Å². The zero-order valence-corrected chi connectivity index (χ0v) is 12.6. The molecule has 1 aliphatic rings. The highest BCUT2D eigenvalue weighted by Gasteiger charge is 2.24. The molecule has 1 aromatic heterocycles. The van der Waals surface area contributed by atoms with Crippen LogP contribution in [0.1, 0.15) is 27.4 Å². The second kappa shape index (κ2) is 5.78. The van der Waals surface area contributed by atoms with Crippen molar-refractivity contribution in [3.05, 3.63) is 15.8 Å². The van der Waals surface area contributed by atoms with Crippen LogP contribution in [0.15, 0.2) is 11.0 Å². The maximum atomic E-state index is 11.9. The van der Waals surface area contributed by atoms with Crippen molar-refractivity contribution in [2.75, 3.05) is 13.2 Å². The maximum absolute atomic E-state index is 11.9. The Labute approximate surface area is 119 Å². The number of carbonyl (C=O) groups excluding carboxylic acids is 1. The molecule has 1 aliphatic heterocycles. The third-order valence-corrected chi connectivity index (χ3v) is 5.39. The van der Waals surface area contributed by atoms with E-state index in [9.17, 15) is 13.2 Å². The minimum Gasteiger partial charge on any atom is -0.458 e. The summed E-state index contributed by atoms with van der Waals surface area (Å²) in [5.74, 6) is -0.508. The zero-order valence-electron chi connectivity index (χ0n) is 10.2. The fourth-order valence-electron chi connectivity index (χ4n) is 1.81.